The van der Waals surface area contributed by atoms with Crippen LogP contribution in [-0.2, 0) is 0 Å². The molecule has 0 N–H and O–H groups in total. The molecule has 0 spiro atoms. The second-order valence-corrected chi connectivity index (χ2v) is 4.05. The molecule has 1 aliphatic carbocycles. The van der Waals surface area contributed by atoms with Crippen LogP contribution in [-0.4, -0.2) is 28.8 Å². The fourth-order valence-corrected chi connectivity index (χ4v) is 1.80. The summed E-state index contributed by atoms with van der Waals surface area (Å²) in [5, 5.41) is 0.203. The molecule has 84 valence electrons. The van der Waals surface area contributed by atoms with Gasteiger partial charge < -0.3 is 4.90 Å². The molecule has 16 heavy (non-hydrogen) atoms. The van der Waals surface area contributed by atoms with Gasteiger partial charge in [0.15, 0.2) is 6.29 Å². The Kier molecular flexibility index (Phi) is 3.19. The van der Waals surface area contributed by atoms with E-state index in [-0.39, 0.29) is 5.15 Å². The molecule has 0 unspecified atom stereocenters. The fraction of sp³-hybridized carbons (Fsp3) is 0.364. The molecule has 1 fully saturated rings. The molecule has 0 bridgehead atoms. The Morgan fingerprint density at radius 1 is 1.56 bits per heavy atom. The standard InChI is InChI=1S/C11H12ClN3O/c1-2-5-15(8-3-4-8)11-9(6-16)10(12)13-7-14-11/h2,6-8H,1,3-5H2. The van der Waals surface area contributed by atoms with Crippen molar-refractivity contribution in [2.45, 2.75) is 18.9 Å². The van der Waals surface area contributed by atoms with Crippen molar-refractivity contribution in [2.24, 2.45) is 0 Å². The molecule has 0 saturated heterocycles. The lowest BCUT2D eigenvalue weighted by Gasteiger charge is -2.22. The lowest BCUT2D eigenvalue weighted by atomic mass is 10.3. The first kappa shape index (κ1) is 11.1. The van der Waals surface area contributed by atoms with Crippen molar-refractivity contribution in [3.05, 3.63) is 29.7 Å². The van der Waals surface area contributed by atoms with E-state index in [0.29, 0.717) is 30.3 Å². The Labute approximate surface area is 99.0 Å². The Morgan fingerprint density at radius 3 is 2.88 bits per heavy atom. The van der Waals surface area contributed by atoms with Gasteiger partial charge in [-0.05, 0) is 12.8 Å². The van der Waals surface area contributed by atoms with Crippen molar-refractivity contribution in [2.75, 3.05) is 11.4 Å². The SMILES string of the molecule is C=CCN(c1ncnc(Cl)c1C=O)C1CC1. The average Bonchev–Trinajstić information content (AvgIpc) is 3.09. The maximum absolute atomic E-state index is 11.0. The van der Waals surface area contributed by atoms with Crippen LogP contribution in [0.25, 0.3) is 0 Å². The van der Waals surface area contributed by atoms with Crippen molar-refractivity contribution in [3.8, 4) is 0 Å². The molecule has 2 rings (SSSR count). The first-order valence-corrected chi connectivity index (χ1v) is 5.49. The zero-order valence-electron chi connectivity index (χ0n) is 8.77. The number of anilines is 1. The molecule has 0 radical (unpaired) electrons. The van der Waals surface area contributed by atoms with E-state index in [1.54, 1.807) is 6.08 Å². The number of rotatable bonds is 5. The van der Waals surface area contributed by atoms with E-state index >= 15 is 0 Å². The third-order valence-corrected chi connectivity index (χ3v) is 2.82. The van der Waals surface area contributed by atoms with Gasteiger partial charge in [-0.3, -0.25) is 4.79 Å². The van der Waals surface area contributed by atoms with E-state index in [0.717, 1.165) is 12.8 Å². The third-order valence-electron chi connectivity index (χ3n) is 2.52. The second kappa shape index (κ2) is 4.61. The van der Waals surface area contributed by atoms with E-state index in [2.05, 4.69) is 16.5 Å². The van der Waals surface area contributed by atoms with Gasteiger partial charge in [-0.25, -0.2) is 9.97 Å². The van der Waals surface area contributed by atoms with Crippen LogP contribution in [0, 0.1) is 0 Å². The van der Waals surface area contributed by atoms with Gasteiger partial charge in [0, 0.05) is 12.6 Å². The highest BCUT2D eigenvalue weighted by molar-refractivity contribution is 6.32. The van der Waals surface area contributed by atoms with Gasteiger partial charge in [0.25, 0.3) is 0 Å². The van der Waals surface area contributed by atoms with Gasteiger partial charge in [-0.1, -0.05) is 17.7 Å². The topological polar surface area (TPSA) is 46.1 Å². The summed E-state index contributed by atoms with van der Waals surface area (Å²) in [5.41, 5.74) is 0.359. The predicted molar refractivity (Wildman–Crippen MR) is 63.0 cm³/mol. The van der Waals surface area contributed by atoms with Gasteiger partial charge in [-0.2, -0.15) is 0 Å². The number of carbonyl (C=O) groups is 1. The van der Waals surface area contributed by atoms with Gasteiger partial charge >= 0.3 is 0 Å². The lowest BCUT2D eigenvalue weighted by Crippen LogP contribution is -2.28. The van der Waals surface area contributed by atoms with Crippen LogP contribution in [0.15, 0.2) is 19.0 Å². The van der Waals surface area contributed by atoms with Gasteiger partial charge in [0.1, 0.15) is 17.3 Å². The number of hydrogen-bond donors (Lipinski definition) is 0. The van der Waals surface area contributed by atoms with Gasteiger partial charge in [-0.15, -0.1) is 6.58 Å². The largest absolute Gasteiger partial charge is 0.349 e. The van der Waals surface area contributed by atoms with E-state index in [9.17, 15) is 4.79 Å². The summed E-state index contributed by atoms with van der Waals surface area (Å²) in [4.78, 5) is 21.0. The van der Waals surface area contributed by atoms with Crippen molar-refractivity contribution in [1.82, 2.24) is 9.97 Å². The Hall–Kier alpha value is -1.42. The number of aldehydes is 1. The van der Waals surface area contributed by atoms with E-state index in [4.69, 9.17) is 11.6 Å². The Morgan fingerprint density at radius 2 is 2.31 bits per heavy atom. The van der Waals surface area contributed by atoms with E-state index in [1.165, 1.54) is 6.33 Å². The molecular formula is C11H12ClN3O. The third kappa shape index (κ3) is 2.07. The minimum Gasteiger partial charge on any atom is -0.349 e. The molecule has 1 heterocycles. The smallest absolute Gasteiger partial charge is 0.156 e. The highest BCUT2D eigenvalue weighted by atomic mass is 35.5. The van der Waals surface area contributed by atoms with Crippen LogP contribution in [0.4, 0.5) is 5.82 Å². The van der Waals surface area contributed by atoms with Crippen LogP contribution in [0.3, 0.4) is 0 Å². The maximum Gasteiger partial charge on any atom is 0.156 e. The number of aromatic nitrogens is 2. The molecule has 4 nitrogen and oxygen atoms in total. The number of nitrogens with zero attached hydrogens (tertiary/aromatic N) is 3. The number of carbonyl (C=O) groups excluding carboxylic acids is 1. The number of hydrogen-bond acceptors (Lipinski definition) is 4. The highest BCUT2D eigenvalue weighted by Crippen LogP contribution is 2.32. The summed E-state index contributed by atoms with van der Waals surface area (Å²) in [6.07, 6.45) is 6.11. The van der Waals surface area contributed by atoms with Crippen molar-refractivity contribution in [1.29, 1.82) is 0 Å². The minimum atomic E-state index is 0.203. The van der Waals surface area contributed by atoms with E-state index in [1.807, 2.05) is 4.90 Å². The Balaban J connectivity index is 2.39. The van der Waals surface area contributed by atoms with Gasteiger partial charge in [0.2, 0.25) is 0 Å². The molecule has 1 aromatic rings. The monoisotopic (exact) mass is 237 g/mol. The Bertz CT molecular complexity index is 418. The zero-order chi connectivity index (χ0) is 11.5. The van der Waals surface area contributed by atoms with Gasteiger partial charge in [0.05, 0.1) is 5.56 Å². The van der Waals surface area contributed by atoms with Crippen LogP contribution in [0.1, 0.15) is 23.2 Å². The summed E-state index contributed by atoms with van der Waals surface area (Å²) in [6, 6.07) is 0.447. The predicted octanol–water partition coefficient (Wildman–Crippen LogP) is 2.10. The molecule has 0 aliphatic heterocycles. The van der Waals surface area contributed by atoms with Crippen LogP contribution >= 0.6 is 11.6 Å². The zero-order valence-corrected chi connectivity index (χ0v) is 9.52. The summed E-state index contributed by atoms with van der Waals surface area (Å²) in [6.45, 7) is 4.37. The minimum absolute atomic E-state index is 0.203. The fourth-order valence-electron chi connectivity index (χ4n) is 1.63. The van der Waals surface area contributed by atoms with Crippen molar-refractivity contribution >= 4 is 23.7 Å². The summed E-state index contributed by atoms with van der Waals surface area (Å²) in [5.74, 6) is 0.609. The summed E-state index contributed by atoms with van der Waals surface area (Å²) < 4.78 is 0. The van der Waals surface area contributed by atoms with E-state index < -0.39 is 0 Å². The second-order valence-electron chi connectivity index (χ2n) is 3.69. The highest BCUT2D eigenvalue weighted by Gasteiger charge is 2.31. The molecule has 0 atom stereocenters. The molecule has 1 saturated carbocycles. The lowest BCUT2D eigenvalue weighted by molar-refractivity contribution is 0.112. The maximum atomic E-state index is 11.0. The quantitative estimate of drug-likeness (QED) is 0.447. The van der Waals surface area contributed by atoms with Crippen LogP contribution in [0.2, 0.25) is 5.15 Å². The number of halogens is 1. The molecule has 5 heteroatoms. The molecule has 0 aromatic carbocycles. The molecule has 1 aliphatic rings. The van der Waals surface area contributed by atoms with Crippen molar-refractivity contribution in [3.63, 3.8) is 0 Å². The van der Waals surface area contributed by atoms with Crippen molar-refractivity contribution < 1.29 is 4.79 Å². The normalized spacial score (nSPS) is 14.6. The molecule has 1 aromatic heterocycles. The summed E-state index contributed by atoms with van der Waals surface area (Å²) in [7, 11) is 0. The summed E-state index contributed by atoms with van der Waals surface area (Å²) >= 11 is 5.86. The first-order valence-electron chi connectivity index (χ1n) is 5.11. The molecule has 0 amide bonds. The first-order chi connectivity index (χ1) is 7.77. The van der Waals surface area contributed by atoms with Crippen LogP contribution in [0.5, 0.6) is 0 Å². The molecular weight excluding hydrogens is 226 g/mol. The van der Waals surface area contributed by atoms with Crippen LogP contribution < -0.4 is 4.90 Å². The average molecular weight is 238 g/mol.